The van der Waals surface area contributed by atoms with Gasteiger partial charge in [-0.2, -0.15) is 0 Å². The third-order valence-corrected chi connectivity index (χ3v) is 4.14. The van der Waals surface area contributed by atoms with Gasteiger partial charge in [0.25, 0.3) is 0 Å². The smallest absolute Gasteiger partial charge is 0.248 e. The molecule has 0 unspecified atom stereocenters. The molecule has 1 amide bonds. The van der Waals surface area contributed by atoms with Gasteiger partial charge in [0, 0.05) is 11.1 Å². The number of amides is 1. The van der Waals surface area contributed by atoms with Crippen molar-refractivity contribution in [1.82, 2.24) is 19.9 Å². The van der Waals surface area contributed by atoms with Gasteiger partial charge in [0.05, 0.1) is 6.54 Å². The standard InChI is InChI=1S/C20H18N6O2/c21-17(27)13-6-8-14(9-7-13)18-25-16-19(23-12-24-20(16)26-18)22-10-11-28-15-4-2-1-3-5-15/h1-9,12H,10-11H2,(H2,21,27)(H2,22,23,24,25,26). The summed E-state index contributed by atoms with van der Waals surface area (Å²) in [4.78, 5) is 27.4. The van der Waals surface area contributed by atoms with Crippen LogP contribution in [0, 0.1) is 0 Å². The number of nitrogens with zero attached hydrogens (tertiary/aromatic N) is 3. The van der Waals surface area contributed by atoms with Crippen LogP contribution in [0.15, 0.2) is 60.9 Å². The Hall–Kier alpha value is -3.94. The van der Waals surface area contributed by atoms with Crippen molar-refractivity contribution in [2.24, 2.45) is 5.73 Å². The first-order chi connectivity index (χ1) is 13.7. The number of anilines is 1. The fourth-order valence-electron chi connectivity index (χ4n) is 2.75. The molecule has 0 bridgehead atoms. The Bertz CT molecular complexity index is 1090. The maximum atomic E-state index is 11.2. The maximum Gasteiger partial charge on any atom is 0.248 e. The van der Waals surface area contributed by atoms with Crippen LogP contribution in [0.1, 0.15) is 10.4 Å². The van der Waals surface area contributed by atoms with Crippen LogP contribution in [0.3, 0.4) is 0 Å². The second-order valence-electron chi connectivity index (χ2n) is 6.04. The lowest BCUT2D eigenvalue weighted by atomic mass is 10.1. The number of aromatic amines is 1. The zero-order valence-electron chi connectivity index (χ0n) is 14.9. The molecule has 0 aliphatic heterocycles. The number of hydrogen-bond donors (Lipinski definition) is 3. The molecule has 28 heavy (non-hydrogen) atoms. The van der Waals surface area contributed by atoms with Crippen molar-refractivity contribution < 1.29 is 9.53 Å². The van der Waals surface area contributed by atoms with Crippen molar-refractivity contribution in [2.45, 2.75) is 0 Å². The van der Waals surface area contributed by atoms with E-state index in [2.05, 4.69) is 25.3 Å². The van der Waals surface area contributed by atoms with E-state index in [0.29, 0.717) is 41.5 Å². The Kier molecular flexibility index (Phi) is 4.83. The third kappa shape index (κ3) is 3.75. The zero-order valence-corrected chi connectivity index (χ0v) is 14.9. The average molecular weight is 374 g/mol. The molecule has 0 aliphatic rings. The van der Waals surface area contributed by atoms with E-state index in [9.17, 15) is 4.79 Å². The predicted molar refractivity (Wildman–Crippen MR) is 106 cm³/mol. The van der Waals surface area contributed by atoms with E-state index in [1.807, 2.05) is 30.3 Å². The average Bonchev–Trinajstić information content (AvgIpc) is 3.17. The van der Waals surface area contributed by atoms with Crippen LogP contribution in [0.4, 0.5) is 5.82 Å². The Morgan fingerprint density at radius 1 is 1.07 bits per heavy atom. The topological polar surface area (TPSA) is 119 Å². The second kappa shape index (κ2) is 7.75. The summed E-state index contributed by atoms with van der Waals surface area (Å²) in [7, 11) is 0. The van der Waals surface area contributed by atoms with Crippen LogP contribution < -0.4 is 15.8 Å². The van der Waals surface area contributed by atoms with Gasteiger partial charge in [-0.3, -0.25) is 4.79 Å². The van der Waals surface area contributed by atoms with Gasteiger partial charge in [-0.1, -0.05) is 30.3 Å². The first-order valence-electron chi connectivity index (χ1n) is 8.73. The third-order valence-electron chi connectivity index (χ3n) is 4.14. The number of rotatable bonds is 7. The van der Waals surface area contributed by atoms with Gasteiger partial charge in [-0.15, -0.1) is 0 Å². The van der Waals surface area contributed by atoms with E-state index in [-0.39, 0.29) is 0 Å². The van der Waals surface area contributed by atoms with Crippen molar-refractivity contribution in [3.8, 4) is 17.1 Å². The summed E-state index contributed by atoms with van der Waals surface area (Å²) in [6.07, 6.45) is 1.46. The Morgan fingerprint density at radius 3 is 2.61 bits per heavy atom. The number of fused-ring (bicyclic) bond motifs is 1. The Labute approximate surface area is 160 Å². The predicted octanol–water partition coefficient (Wildman–Crippen LogP) is 2.61. The van der Waals surface area contributed by atoms with Gasteiger partial charge in [0.1, 0.15) is 30.0 Å². The quantitative estimate of drug-likeness (QED) is 0.428. The molecule has 8 heteroatoms. The molecule has 0 spiro atoms. The SMILES string of the molecule is NC(=O)c1ccc(-c2nc3ncnc(NCCOc4ccccc4)c3[nH]2)cc1. The van der Waals surface area contributed by atoms with Crippen LogP contribution in [-0.2, 0) is 0 Å². The fourth-order valence-corrected chi connectivity index (χ4v) is 2.75. The molecule has 0 radical (unpaired) electrons. The number of primary amides is 1. The second-order valence-corrected chi connectivity index (χ2v) is 6.04. The van der Waals surface area contributed by atoms with E-state index in [1.165, 1.54) is 6.33 Å². The van der Waals surface area contributed by atoms with Crippen molar-refractivity contribution in [3.63, 3.8) is 0 Å². The number of ether oxygens (including phenoxy) is 1. The molecule has 140 valence electrons. The summed E-state index contributed by atoms with van der Waals surface area (Å²) < 4.78 is 5.68. The highest BCUT2D eigenvalue weighted by atomic mass is 16.5. The summed E-state index contributed by atoms with van der Waals surface area (Å²) in [5, 5.41) is 3.24. The number of H-pyrrole nitrogens is 1. The minimum absolute atomic E-state index is 0.445. The molecule has 2 heterocycles. The number of aromatic nitrogens is 4. The van der Waals surface area contributed by atoms with E-state index in [1.54, 1.807) is 24.3 Å². The highest BCUT2D eigenvalue weighted by molar-refractivity contribution is 5.93. The number of carbonyl (C=O) groups excluding carboxylic acids is 1. The van der Waals surface area contributed by atoms with E-state index in [4.69, 9.17) is 10.5 Å². The molecule has 4 N–H and O–H groups in total. The minimum Gasteiger partial charge on any atom is -0.492 e. The lowest BCUT2D eigenvalue weighted by Crippen LogP contribution is -2.12. The summed E-state index contributed by atoms with van der Waals surface area (Å²) in [5.74, 6) is 1.64. The normalized spacial score (nSPS) is 10.7. The monoisotopic (exact) mass is 374 g/mol. The van der Waals surface area contributed by atoms with Gasteiger partial charge in [0.2, 0.25) is 5.91 Å². The minimum atomic E-state index is -0.466. The van der Waals surface area contributed by atoms with Crippen molar-refractivity contribution >= 4 is 22.9 Å². The molecule has 0 fully saturated rings. The molecule has 0 aliphatic carbocycles. The van der Waals surface area contributed by atoms with Crippen molar-refractivity contribution in [2.75, 3.05) is 18.5 Å². The number of hydrogen-bond acceptors (Lipinski definition) is 6. The van der Waals surface area contributed by atoms with Crippen LogP contribution in [0.25, 0.3) is 22.6 Å². The largest absolute Gasteiger partial charge is 0.492 e. The first-order valence-corrected chi connectivity index (χ1v) is 8.73. The van der Waals surface area contributed by atoms with Crippen LogP contribution >= 0.6 is 0 Å². The molecule has 0 saturated carbocycles. The van der Waals surface area contributed by atoms with Crippen molar-refractivity contribution in [3.05, 3.63) is 66.5 Å². The number of benzene rings is 2. The van der Waals surface area contributed by atoms with Gasteiger partial charge >= 0.3 is 0 Å². The molecule has 8 nitrogen and oxygen atoms in total. The lowest BCUT2D eigenvalue weighted by molar-refractivity contribution is 0.100. The molecular formula is C20H18N6O2. The zero-order chi connectivity index (χ0) is 19.3. The molecule has 2 aromatic carbocycles. The molecular weight excluding hydrogens is 356 g/mol. The maximum absolute atomic E-state index is 11.2. The van der Waals surface area contributed by atoms with Crippen LogP contribution in [0.5, 0.6) is 5.75 Å². The number of nitrogens with two attached hydrogens (primary N) is 1. The summed E-state index contributed by atoms with van der Waals surface area (Å²) in [6, 6.07) is 16.5. The molecule has 0 saturated heterocycles. The molecule has 4 aromatic rings. The van der Waals surface area contributed by atoms with E-state index in [0.717, 1.165) is 11.3 Å². The van der Waals surface area contributed by atoms with Crippen LogP contribution in [0.2, 0.25) is 0 Å². The highest BCUT2D eigenvalue weighted by Gasteiger charge is 2.11. The van der Waals surface area contributed by atoms with Gasteiger partial charge < -0.3 is 20.8 Å². The summed E-state index contributed by atoms with van der Waals surface area (Å²) in [5.41, 5.74) is 7.80. The van der Waals surface area contributed by atoms with Gasteiger partial charge in [-0.25, -0.2) is 15.0 Å². The van der Waals surface area contributed by atoms with Gasteiger partial charge in [0.15, 0.2) is 11.5 Å². The van der Waals surface area contributed by atoms with Crippen molar-refractivity contribution in [1.29, 1.82) is 0 Å². The molecule has 4 rings (SSSR count). The number of carbonyl (C=O) groups is 1. The van der Waals surface area contributed by atoms with E-state index < -0.39 is 5.91 Å². The fraction of sp³-hybridized carbons (Fsp3) is 0.100. The van der Waals surface area contributed by atoms with Crippen LogP contribution in [-0.4, -0.2) is 39.0 Å². The van der Waals surface area contributed by atoms with E-state index >= 15 is 0 Å². The summed E-state index contributed by atoms with van der Waals surface area (Å²) >= 11 is 0. The Morgan fingerprint density at radius 2 is 1.86 bits per heavy atom. The summed E-state index contributed by atoms with van der Waals surface area (Å²) in [6.45, 7) is 1.06. The Balaban J connectivity index is 1.48. The number of para-hydroxylation sites is 1. The lowest BCUT2D eigenvalue weighted by Gasteiger charge is -2.08. The number of nitrogens with one attached hydrogen (secondary N) is 2. The molecule has 2 aromatic heterocycles. The molecule has 0 atom stereocenters. The first kappa shape index (κ1) is 17.5. The highest BCUT2D eigenvalue weighted by Crippen LogP contribution is 2.23. The van der Waals surface area contributed by atoms with Gasteiger partial charge in [-0.05, 0) is 24.3 Å². The number of imidazole rings is 1.